The molecule has 0 bridgehead atoms. The van der Waals surface area contributed by atoms with E-state index >= 15 is 0 Å². The van der Waals surface area contributed by atoms with Crippen molar-refractivity contribution < 1.29 is 26.9 Å². The molecule has 0 aliphatic carbocycles. The van der Waals surface area contributed by atoms with Gasteiger partial charge in [-0.2, -0.15) is 8.42 Å². The van der Waals surface area contributed by atoms with Gasteiger partial charge in [-0.25, -0.2) is 0 Å². The summed E-state index contributed by atoms with van der Waals surface area (Å²) in [4.78, 5) is 12.2. The molecule has 0 amide bonds. The van der Waals surface area contributed by atoms with Crippen molar-refractivity contribution in [2.75, 3.05) is 19.8 Å². The van der Waals surface area contributed by atoms with Crippen LogP contribution in [0.25, 0.3) is 0 Å². The summed E-state index contributed by atoms with van der Waals surface area (Å²) < 4.78 is 40.0. The Morgan fingerprint density at radius 3 is 2.63 bits per heavy atom. The minimum atomic E-state index is -3.70. The molecule has 0 radical (unpaired) electrons. The van der Waals surface area contributed by atoms with E-state index in [1.54, 1.807) is 24.3 Å². The molecule has 1 saturated heterocycles. The van der Waals surface area contributed by atoms with Crippen molar-refractivity contribution in [3.8, 4) is 0 Å². The van der Waals surface area contributed by atoms with Crippen molar-refractivity contribution in [2.45, 2.75) is 63.4 Å². The molecule has 2 rings (SSSR count). The van der Waals surface area contributed by atoms with Crippen molar-refractivity contribution in [2.24, 2.45) is 5.92 Å². The lowest BCUT2D eigenvalue weighted by molar-refractivity contribution is -0.159. The van der Waals surface area contributed by atoms with Gasteiger partial charge in [0.1, 0.15) is 6.10 Å². The van der Waals surface area contributed by atoms with Crippen LogP contribution in [0, 0.1) is 12.8 Å². The number of ether oxygens (including phenoxy) is 2. The highest BCUT2D eigenvalue weighted by atomic mass is 32.2. The van der Waals surface area contributed by atoms with Crippen LogP contribution in [0.2, 0.25) is 0 Å². The maximum atomic E-state index is 12.1. The van der Waals surface area contributed by atoms with Crippen molar-refractivity contribution in [3.05, 3.63) is 29.8 Å². The largest absolute Gasteiger partial charge is 0.460 e. The van der Waals surface area contributed by atoms with Gasteiger partial charge in [0, 0.05) is 6.61 Å². The van der Waals surface area contributed by atoms with Crippen LogP contribution in [-0.4, -0.2) is 40.3 Å². The second-order valence-corrected chi connectivity index (χ2v) is 8.73. The molecule has 7 heteroatoms. The fraction of sp³-hybridized carbons (Fsp3) is 0.650. The molecule has 1 heterocycles. The summed E-state index contributed by atoms with van der Waals surface area (Å²) in [6.07, 6.45) is 4.65. The van der Waals surface area contributed by atoms with Gasteiger partial charge < -0.3 is 9.47 Å². The number of rotatable bonds is 10. The van der Waals surface area contributed by atoms with Gasteiger partial charge in [0.25, 0.3) is 10.1 Å². The Morgan fingerprint density at radius 1 is 1.22 bits per heavy atom. The average Bonchev–Trinajstić information content (AvgIpc) is 2.65. The van der Waals surface area contributed by atoms with Gasteiger partial charge in [-0.1, -0.05) is 37.5 Å². The number of hydrogen-bond donors (Lipinski definition) is 0. The highest BCUT2D eigenvalue weighted by molar-refractivity contribution is 7.86. The molecule has 1 aliphatic heterocycles. The molecular formula is C20H30O6S. The molecular weight excluding hydrogens is 368 g/mol. The van der Waals surface area contributed by atoms with E-state index in [0.717, 1.165) is 44.3 Å². The summed E-state index contributed by atoms with van der Waals surface area (Å²) in [5.41, 5.74) is 0.998. The van der Waals surface area contributed by atoms with Gasteiger partial charge in [-0.05, 0) is 44.7 Å². The van der Waals surface area contributed by atoms with Crippen LogP contribution in [0.5, 0.6) is 0 Å². The molecule has 2 unspecified atom stereocenters. The smallest absolute Gasteiger partial charge is 0.309 e. The Kier molecular flexibility index (Phi) is 8.73. The molecule has 0 saturated carbocycles. The van der Waals surface area contributed by atoms with Crippen molar-refractivity contribution in [1.29, 1.82) is 0 Å². The number of esters is 1. The minimum Gasteiger partial charge on any atom is -0.460 e. The van der Waals surface area contributed by atoms with Crippen LogP contribution in [0.1, 0.15) is 51.0 Å². The third kappa shape index (κ3) is 7.60. The number of unbranched alkanes of at least 4 members (excludes halogenated alkanes) is 2. The molecule has 1 aromatic carbocycles. The first-order valence-electron chi connectivity index (χ1n) is 9.63. The molecule has 1 aromatic rings. The molecule has 2 atom stereocenters. The minimum absolute atomic E-state index is 0.117. The normalized spacial score (nSPS) is 18.8. The van der Waals surface area contributed by atoms with E-state index in [9.17, 15) is 13.2 Å². The topological polar surface area (TPSA) is 78.9 Å². The summed E-state index contributed by atoms with van der Waals surface area (Å²) >= 11 is 0. The van der Waals surface area contributed by atoms with Crippen LogP contribution < -0.4 is 0 Å². The summed E-state index contributed by atoms with van der Waals surface area (Å²) in [6, 6.07) is 6.59. The highest BCUT2D eigenvalue weighted by Gasteiger charge is 2.22. The molecule has 1 aliphatic rings. The molecule has 1 fully saturated rings. The number of carbonyl (C=O) groups excluding carboxylic acids is 1. The molecule has 0 N–H and O–H groups in total. The van der Waals surface area contributed by atoms with Crippen LogP contribution in [0.4, 0.5) is 0 Å². The molecule has 0 aromatic heterocycles. The average molecular weight is 399 g/mol. The van der Waals surface area contributed by atoms with Crippen molar-refractivity contribution >= 4 is 16.1 Å². The van der Waals surface area contributed by atoms with E-state index in [1.807, 2.05) is 13.8 Å². The van der Waals surface area contributed by atoms with E-state index in [-0.39, 0.29) is 29.5 Å². The lowest BCUT2D eigenvalue weighted by Crippen LogP contribution is -2.30. The van der Waals surface area contributed by atoms with Gasteiger partial charge in [0.2, 0.25) is 0 Å². The highest BCUT2D eigenvalue weighted by Crippen LogP contribution is 2.17. The van der Waals surface area contributed by atoms with Gasteiger partial charge >= 0.3 is 5.97 Å². The van der Waals surface area contributed by atoms with Crippen LogP contribution in [-0.2, 0) is 28.6 Å². The van der Waals surface area contributed by atoms with E-state index in [0.29, 0.717) is 13.0 Å². The Morgan fingerprint density at radius 2 is 1.96 bits per heavy atom. The van der Waals surface area contributed by atoms with E-state index in [4.69, 9.17) is 13.7 Å². The lowest BCUT2D eigenvalue weighted by atomic mass is 10.0. The summed E-state index contributed by atoms with van der Waals surface area (Å²) in [5, 5.41) is 0. The number of benzene rings is 1. The predicted octanol–water partition coefficient (Wildman–Crippen LogP) is 3.62. The Balaban J connectivity index is 1.59. The number of hydrogen-bond acceptors (Lipinski definition) is 6. The van der Waals surface area contributed by atoms with Crippen molar-refractivity contribution in [1.82, 2.24) is 0 Å². The summed E-state index contributed by atoms with van der Waals surface area (Å²) in [5.74, 6) is -0.340. The second kappa shape index (κ2) is 10.8. The monoisotopic (exact) mass is 398 g/mol. The van der Waals surface area contributed by atoms with Crippen LogP contribution in [0.15, 0.2) is 29.2 Å². The maximum absolute atomic E-state index is 12.1. The third-order valence-electron chi connectivity index (χ3n) is 4.63. The van der Waals surface area contributed by atoms with Crippen molar-refractivity contribution in [3.63, 3.8) is 0 Å². The molecule has 6 nitrogen and oxygen atoms in total. The van der Waals surface area contributed by atoms with Gasteiger partial charge in [-0.3, -0.25) is 8.98 Å². The second-order valence-electron chi connectivity index (χ2n) is 7.12. The standard InChI is InChI=1S/C20H30O6S/c1-16-9-11-19(12-10-16)27(22,23)25-14-5-3-4-7-17(2)20(21)26-18-8-6-13-24-15-18/h9-12,17-18H,3-8,13-15H2,1-2H3. The molecule has 27 heavy (non-hydrogen) atoms. The number of carbonyl (C=O) groups is 1. The van der Waals surface area contributed by atoms with Gasteiger partial charge in [-0.15, -0.1) is 0 Å². The van der Waals surface area contributed by atoms with Crippen LogP contribution >= 0.6 is 0 Å². The first kappa shape index (κ1) is 21.9. The Labute approximate surface area is 162 Å². The van der Waals surface area contributed by atoms with Crippen LogP contribution in [0.3, 0.4) is 0 Å². The van der Waals surface area contributed by atoms with E-state index in [1.165, 1.54) is 0 Å². The fourth-order valence-corrected chi connectivity index (χ4v) is 3.82. The first-order chi connectivity index (χ1) is 12.9. The first-order valence-corrected chi connectivity index (χ1v) is 11.0. The van der Waals surface area contributed by atoms with E-state index in [2.05, 4.69) is 0 Å². The van der Waals surface area contributed by atoms with Gasteiger partial charge in [0.05, 0.1) is 24.0 Å². The van der Waals surface area contributed by atoms with Gasteiger partial charge in [0.15, 0.2) is 0 Å². The maximum Gasteiger partial charge on any atom is 0.309 e. The Hall–Kier alpha value is -1.44. The zero-order chi connectivity index (χ0) is 19.7. The quantitative estimate of drug-likeness (QED) is 0.340. The third-order valence-corrected chi connectivity index (χ3v) is 5.96. The lowest BCUT2D eigenvalue weighted by Gasteiger charge is -2.23. The molecule has 0 spiro atoms. The predicted molar refractivity (Wildman–Crippen MR) is 102 cm³/mol. The zero-order valence-electron chi connectivity index (χ0n) is 16.2. The van der Waals surface area contributed by atoms with E-state index < -0.39 is 10.1 Å². The zero-order valence-corrected chi connectivity index (χ0v) is 17.0. The number of aryl methyl sites for hydroxylation is 1. The summed E-state index contributed by atoms with van der Waals surface area (Å²) in [7, 11) is -3.70. The fourth-order valence-electron chi connectivity index (χ4n) is 2.87. The SMILES string of the molecule is Cc1ccc(S(=O)(=O)OCCCCCC(C)C(=O)OC2CCCOC2)cc1. The Bertz CT molecular complexity index is 677. The summed E-state index contributed by atoms with van der Waals surface area (Å²) in [6.45, 7) is 5.15. The molecule has 152 valence electrons.